The number of rotatable bonds is 5. The lowest BCUT2D eigenvalue weighted by molar-refractivity contribution is 0.0947. The SMILES string of the molecule is Cc1ccc(OCCNC(=O)c2cccc(I)c2)cc1. The topological polar surface area (TPSA) is 38.3 Å². The van der Waals surface area contributed by atoms with E-state index < -0.39 is 0 Å². The van der Waals surface area contributed by atoms with Crippen molar-refractivity contribution in [3.8, 4) is 5.75 Å². The predicted molar refractivity (Wildman–Crippen MR) is 88.2 cm³/mol. The molecule has 3 nitrogen and oxygen atoms in total. The van der Waals surface area contributed by atoms with E-state index in [0.29, 0.717) is 18.7 Å². The van der Waals surface area contributed by atoms with Gasteiger partial charge in [-0.3, -0.25) is 4.79 Å². The van der Waals surface area contributed by atoms with E-state index in [9.17, 15) is 4.79 Å². The van der Waals surface area contributed by atoms with E-state index in [1.807, 2.05) is 49.4 Å². The molecule has 0 saturated heterocycles. The van der Waals surface area contributed by atoms with Gasteiger partial charge in [0, 0.05) is 9.13 Å². The van der Waals surface area contributed by atoms with Crippen LogP contribution in [0.1, 0.15) is 15.9 Å². The lowest BCUT2D eigenvalue weighted by Crippen LogP contribution is -2.28. The molecule has 104 valence electrons. The maximum atomic E-state index is 11.9. The zero-order valence-corrected chi connectivity index (χ0v) is 13.4. The van der Waals surface area contributed by atoms with Crippen molar-refractivity contribution in [1.29, 1.82) is 0 Å². The van der Waals surface area contributed by atoms with Gasteiger partial charge in [-0.1, -0.05) is 23.8 Å². The van der Waals surface area contributed by atoms with Gasteiger partial charge in [-0.15, -0.1) is 0 Å². The van der Waals surface area contributed by atoms with Crippen molar-refractivity contribution in [3.05, 3.63) is 63.2 Å². The number of ether oxygens (including phenoxy) is 1. The first kappa shape index (κ1) is 14.8. The zero-order valence-electron chi connectivity index (χ0n) is 11.2. The molecule has 0 bridgehead atoms. The van der Waals surface area contributed by atoms with Crippen molar-refractivity contribution in [2.24, 2.45) is 0 Å². The highest BCUT2D eigenvalue weighted by molar-refractivity contribution is 14.1. The molecule has 0 aliphatic heterocycles. The van der Waals surface area contributed by atoms with E-state index in [2.05, 4.69) is 27.9 Å². The van der Waals surface area contributed by atoms with Crippen molar-refractivity contribution in [3.63, 3.8) is 0 Å². The van der Waals surface area contributed by atoms with Crippen molar-refractivity contribution in [2.75, 3.05) is 13.2 Å². The van der Waals surface area contributed by atoms with Crippen LogP contribution in [0.3, 0.4) is 0 Å². The van der Waals surface area contributed by atoms with Gasteiger partial charge in [0.2, 0.25) is 0 Å². The molecule has 0 fully saturated rings. The van der Waals surface area contributed by atoms with E-state index in [1.54, 1.807) is 6.07 Å². The van der Waals surface area contributed by atoms with E-state index in [1.165, 1.54) is 5.56 Å². The summed E-state index contributed by atoms with van der Waals surface area (Å²) in [6, 6.07) is 15.3. The van der Waals surface area contributed by atoms with Crippen LogP contribution in [0.2, 0.25) is 0 Å². The van der Waals surface area contributed by atoms with Gasteiger partial charge in [0.05, 0.1) is 6.54 Å². The van der Waals surface area contributed by atoms with Crippen LogP contribution in [0.25, 0.3) is 0 Å². The van der Waals surface area contributed by atoms with Gasteiger partial charge in [-0.2, -0.15) is 0 Å². The van der Waals surface area contributed by atoms with Crippen molar-refractivity contribution in [1.82, 2.24) is 5.32 Å². The second-order valence-electron chi connectivity index (χ2n) is 4.43. The molecule has 1 amide bonds. The fourth-order valence-corrected chi connectivity index (χ4v) is 2.24. The number of hydrogen-bond acceptors (Lipinski definition) is 2. The number of carbonyl (C=O) groups excluding carboxylic acids is 1. The fourth-order valence-electron chi connectivity index (χ4n) is 1.70. The van der Waals surface area contributed by atoms with E-state index in [-0.39, 0.29) is 5.91 Å². The highest BCUT2D eigenvalue weighted by Crippen LogP contribution is 2.11. The third-order valence-electron chi connectivity index (χ3n) is 2.76. The average molecular weight is 381 g/mol. The van der Waals surface area contributed by atoms with Crippen molar-refractivity contribution < 1.29 is 9.53 Å². The minimum absolute atomic E-state index is 0.0731. The Kier molecular flexibility index (Phi) is 5.40. The molecule has 2 aromatic carbocycles. The van der Waals surface area contributed by atoms with Crippen LogP contribution in [0.5, 0.6) is 5.75 Å². The summed E-state index contributed by atoms with van der Waals surface area (Å²) in [7, 11) is 0. The van der Waals surface area contributed by atoms with Crippen molar-refractivity contribution >= 4 is 28.5 Å². The lowest BCUT2D eigenvalue weighted by Gasteiger charge is -2.08. The molecular formula is C16H16INO2. The Hall–Kier alpha value is -1.56. The number of halogens is 1. The maximum absolute atomic E-state index is 11.9. The first-order valence-corrected chi connectivity index (χ1v) is 7.46. The van der Waals surface area contributed by atoms with Crippen LogP contribution in [-0.2, 0) is 0 Å². The predicted octanol–water partition coefficient (Wildman–Crippen LogP) is 3.41. The van der Waals surface area contributed by atoms with Gasteiger partial charge >= 0.3 is 0 Å². The minimum Gasteiger partial charge on any atom is -0.492 e. The van der Waals surface area contributed by atoms with E-state index >= 15 is 0 Å². The number of carbonyl (C=O) groups is 1. The smallest absolute Gasteiger partial charge is 0.251 e. The number of nitrogens with one attached hydrogen (secondary N) is 1. The number of aryl methyl sites for hydroxylation is 1. The molecule has 0 aromatic heterocycles. The molecule has 1 N–H and O–H groups in total. The van der Waals surface area contributed by atoms with E-state index in [0.717, 1.165) is 9.32 Å². The molecule has 0 aliphatic rings. The molecule has 4 heteroatoms. The maximum Gasteiger partial charge on any atom is 0.251 e. The third-order valence-corrected chi connectivity index (χ3v) is 3.44. The van der Waals surface area contributed by atoms with Crippen LogP contribution < -0.4 is 10.1 Å². The molecule has 0 atom stereocenters. The first-order valence-electron chi connectivity index (χ1n) is 6.38. The van der Waals surface area contributed by atoms with Crippen LogP contribution in [0.4, 0.5) is 0 Å². The molecule has 2 rings (SSSR count). The summed E-state index contributed by atoms with van der Waals surface area (Å²) >= 11 is 2.19. The van der Waals surface area contributed by atoms with Crippen LogP contribution in [0.15, 0.2) is 48.5 Å². The quantitative estimate of drug-likeness (QED) is 0.637. The summed E-state index contributed by atoms with van der Waals surface area (Å²) in [6.45, 7) is 2.97. The molecular weight excluding hydrogens is 365 g/mol. The van der Waals surface area contributed by atoms with Crippen LogP contribution in [0, 0.1) is 10.5 Å². The van der Waals surface area contributed by atoms with E-state index in [4.69, 9.17) is 4.74 Å². The summed E-state index contributed by atoms with van der Waals surface area (Å²) in [4.78, 5) is 11.9. The summed E-state index contributed by atoms with van der Waals surface area (Å²) in [5.74, 6) is 0.745. The van der Waals surface area contributed by atoms with Crippen molar-refractivity contribution in [2.45, 2.75) is 6.92 Å². The summed E-state index contributed by atoms with van der Waals surface area (Å²) in [5, 5.41) is 2.84. The Morgan fingerprint density at radius 2 is 1.95 bits per heavy atom. The second kappa shape index (κ2) is 7.28. The third kappa shape index (κ3) is 4.52. The van der Waals surface area contributed by atoms with Crippen LogP contribution in [-0.4, -0.2) is 19.1 Å². The monoisotopic (exact) mass is 381 g/mol. The highest BCUT2D eigenvalue weighted by atomic mass is 127. The standard InChI is InChI=1S/C16H16INO2/c1-12-5-7-15(8-6-12)20-10-9-18-16(19)13-3-2-4-14(17)11-13/h2-8,11H,9-10H2,1H3,(H,18,19). The number of hydrogen-bond donors (Lipinski definition) is 1. The molecule has 0 unspecified atom stereocenters. The molecule has 0 saturated carbocycles. The Labute approximate surface area is 132 Å². The van der Waals surface area contributed by atoms with Crippen LogP contribution >= 0.6 is 22.6 Å². The summed E-state index contributed by atoms with van der Waals surface area (Å²) in [5.41, 5.74) is 1.87. The normalized spacial score (nSPS) is 10.1. The van der Waals surface area contributed by atoms with Gasteiger partial charge in [0.25, 0.3) is 5.91 Å². The fraction of sp³-hybridized carbons (Fsp3) is 0.188. The molecule has 0 radical (unpaired) electrons. The zero-order chi connectivity index (χ0) is 14.4. The minimum atomic E-state index is -0.0731. The van der Waals surface area contributed by atoms with Gasteiger partial charge in [-0.25, -0.2) is 0 Å². The van der Waals surface area contributed by atoms with Gasteiger partial charge in [0.1, 0.15) is 12.4 Å². The highest BCUT2D eigenvalue weighted by Gasteiger charge is 2.04. The van der Waals surface area contributed by atoms with Gasteiger partial charge in [-0.05, 0) is 59.8 Å². The Morgan fingerprint density at radius 1 is 1.20 bits per heavy atom. The average Bonchev–Trinajstić information content (AvgIpc) is 2.45. The largest absolute Gasteiger partial charge is 0.492 e. The summed E-state index contributed by atoms with van der Waals surface area (Å²) < 4.78 is 6.60. The number of benzene rings is 2. The molecule has 20 heavy (non-hydrogen) atoms. The van der Waals surface area contributed by atoms with Gasteiger partial charge in [0.15, 0.2) is 0 Å². The Bertz CT molecular complexity index is 581. The first-order chi connectivity index (χ1) is 9.65. The molecule has 0 spiro atoms. The summed E-state index contributed by atoms with van der Waals surface area (Å²) in [6.07, 6.45) is 0. The molecule has 0 aliphatic carbocycles. The molecule has 2 aromatic rings. The Balaban J connectivity index is 1.76. The number of amides is 1. The second-order valence-corrected chi connectivity index (χ2v) is 5.67. The van der Waals surface area contributed by atoms with Gasteiger partial charge < -0.3 is 10.1 Å². The lowest BCUT2D eigenvalue weighted by atomic mass is 10.2. The molecule has 0 heterocycles. The Morgan fingerprint density at radius 3 is 2.65 bits per heavy atom.